The normalized spacial score (nSPS) is 21.9. The monoisotopic (exact) mass is 316 g/mol. The summed E-state index contributed by atoms with van der Waals surface area (Å²) in [6.45, 7) is 8.11. The molecule has 1 aliphatic rings. The minimum atomic E-state index is -0.412. The van der Waals surface area contributed by atoms with Crippen molar-refractivity contribution in [2.45, 2.75) is 38.9 Å². The van der Waals surface area contributed by atoms with Crippen LogP contribution in [0.25, 0.3) is 0 Å². The zero-order valence-electron chi connectivity index (χ0n) is 10.4. The molecule has 0 atom stereocenters. The molecule has 1 fully saturated rings. The van der Waals surface area contributed by atoms with Crippen LogP contribution in [0.15, 0.2) is 22.7 Å². The number of hydrogen-bond acceptors (Lipinski definition) is 2. The molecule has 0 aliphatic carbocycles. The molecule has 0 bridgehead atoms. The van der Waals surface area contributed by atoms with Crippen molar-refractivity contribution in [2.75, 3.05) is 0 Å². The third-order valence-electron chi connectivity index (χ3n) is 3.47. The summed E-state index contributed by atoms with van der Waals surface area (Å²) < 4.78 is 12.9. The van der Waals surface area contributed by atoms with Gasteiger partial charge in [0.15, 0.2) is 0 Å². The molecule has 1 heterocycles. The minimum Gasteiger partial charge on any atom is -0.399 e. The molecule has 92 valence electrons. The van der Waals surface area contributed by atoms with Gasteiger partial charge in [0.1, 0.15) is 0 Å². The average Bonchev–Trinajstić information content (AvgIpc) is 2.40. The number of halogens is 2. The number of hydrogen-bond donors (Lipinski definition) is 0. The molecule has 0 aromatic heterocycles. The van der Waals surface area contributed by atoms with Gasteiger partial charge in [-0.1, -0.05) is 27.5 Å². The molecule has 1 saturated heterocycles. The lowest BCUT2D eigenvalue weighted by atomic mass is 9.79. The largest absolute Gasteiger partial charge is 0.496 e. The van der Waals surface area contributed by atoms with E-state index in [-0.39, 0.29) is 11.2 Å². The highest BCUT2D eigenvalue weighted by molar-refractivity contribution is 9.10. The molecular weight excluding hydrogens is 302 g/mol. The molecular formula is C12H15BBrClO2. The molecule has 17 heavy (non-hydrogen) atoms. The van der Waals surface area contributed by atoms with E-state index < -0.39 is 7.12 Å². The molecule has 0 N–H and O–H groups in total. The average molecular weight is 317 g/mol. The summed E-state index contributed by atoms with van der Waals surface area (Å²) in [6, 6.07) is 5.67. The van der Waals surface area contributed by atoms with Gasteiger partial charge in [-0.15, -0.1) is 0 Å². The third-order valence-corrected chi connectivity index (χ3v) is 4.30. The Labute approximate surface area is 116 Å². The van der Waals surface area contributed by atoms with Crippen molar-refractivity contribution in [1.29, 1.82) is 0 Å². The van der Waals surface area contributed by atoms with E-state index in [1.54, 1.807) is 0 Å². The minimum absolute atomic E-state index is 0.344. The Hall–Kier alpha value is -0.0251. The van der Waals surface area contributed by atoms with Crippen molar-refractivity contribution in [2.24, 2.45) is 0 Å². The highest BCUT2D eigenvalue weighted by Gasteiger charge is 2.52. The van der Waals surface area contributed by atoms with E-state index in [2.05, 4.69) is 15.9 Å². The molecule has 0 radical (unpaired) electrons. The fraction of sp³-hybridized carbons (Fsp3) is 0.500. The molecule has 2 nitrogen and oxygen atoms in total. The fourth-order valence-corrected chi connectivity index (χ4v) is 2.25. The molecule has 1 aromatic rings. The first-order valence-corrected chi connectivity index (χ1v) is 6.71. The lowest BCUT2D eigenvalue weighted by molar-refractivity contribution is 0.00578. The van der Waals surface area contributed by atoms with Crippen LogP contribution in [0.4, 0.5) is 0 Å². The molecule has 0 spiro atoms. The summed E-state index contributed by atoms with van der Waals surface area (Å²) in [5.41, 5.74) is 0.173. The summed E-state index contributed by atoms with van der Waals surface area (Å²) in [6.07, 6.45) is 0. The molecule has 1 aliphatic heterocycles. The number of rotatable bonds is 1. The quantitative estimate of drug-likeness (QED) is 0.739. The van der Waals surface area contributed by atoms with Crippen LogP contribution in [0.1, 0.15) is 27.7 Å². The predicted molar refractivity (Wildman–Crippen MR) is 74.9 cm³/mol. The van der Waals surface area contributed by atoms with Gasteiger partial charge in [0.05, 0.1) is 11.2 Å². The smallest absolute Gasteiger partial charge is 0.399 e. The van der Waals surface area contributed by atoms with Crippen LogP contribution < -0.4 is 5.46 Å². The second kappa shape index (κ2) is 4.27. The van der Waals surface area contributed by atoms with E-state index >= 15 is 0 Å². The van der Waals surface area contributed by atoms with Gasteiger partial charge in [0, 0.05) is 15.0 Å². The Balaban J connectivity index is 2.35. The maximum absolute atomic E-state index is 6.18. The van der Waals surface area contributed by atoms with Crippen molar-refractivity contribution in [1.82, 2.24) is 0 Å². The van der Waals surface area contributed by atoms with E-state index in [0.717, 1.165) is 9.94 Å². The first kappa shape index (κ1) is 13.4. The van der Waals surface area contributed by atoms with Gasteiger partial charge in [-0.3, -0.25) is 0 Å². The van der Waals surface area contributed by atoms with Crippen molar-refractivity contribution >= 4 is 40.1 Å². The van der Waals surface area contributed by atoms with Crippen molar-refractivity contribution in [3.63, 3.8) is 0 Å². The zero-order valence-corrected chi connectivity index (χ0v) is 12.7. The molecule has 2 rings (SSSR count). The summed E-state index contributed by atoms with van der Waals surface area (Å²) >= 11 is 9.61. The van der Waals surface area contributed by atoms with Crippen LogP contribution in [0, 0.1) is 0 Å². The molecule has 0 unspecified atom stereocenters. The second-order valence-corrected chi connectivity index (χ2v) is 6.58. The van der Waals surface area contributed by atoms with E-state index in [9.17, 15) is 0 Å². The van der Waals surface area contributed by atoms with Crippen LogP contribution in [0.2, 0.25) is 5.02 Å². The summed E-state index contributed by atoms with van der Waals surface area (Å²) in [5, 5.41) is 0.659. The molecule has 1 aromatic carbocycles. The Morgan fingerprint density at radius 1 is 1.12 bits per heavy atom. The summed E-state index contributed by atoms with van der Waals surface area (Å²) in [5.74, 6) is 0. The topological polar surface area (TPSA) is 18.5 Å². The van der Waals surface area contributed by atoms with Gasteiger partial charge < -0.3 is 9.31 Å². The van der Waals surface area contributed by atoms with E-state index in [4.69, 9.17) is 20.9 Å². The third kappa shape index (κ3) is 2.41. The summed E-state index contributed by atoms with van der Waals surface area (Å²) in [7, 11) is -0.412. The van der Waals surface area contributed by atoms with Crippen LogP contribution in [-0.4, -0.2) is 18.3 Å². The van der Waals surface area contributed by atoms with Gasteiger partial charge >= 0.3 is 7.12 Å². The van der Waals surface area contributed by atoms with Gasteiger partial charge in [0.25, 0.3) is 0 Å². The number of benzene rings is 1. The van der Waals surface area contributed by atoms with Crippen molar-refractivity contribution in [3.8, 4) is 0 Å². The lowest BCUT2D eigenvalue weighted by Gasteiger charge is -2.32. The maximum Gasteiger partial charge on any atom is 0.496 e. The van der Waals surface area contributed by atoms with Crippen LogP contribution in [0.3, 0.4) is 0 Å². The van der Waals surface area contributed by atoms with Gasteiger partial charge in [-0.25, -0.2) is 0 Å². The van der Waals surface area contributed by atoms with E-state index in [1.165, 1.54) is 0 Å². The zero-order chi connectivity index (χ0) is 12.8. The summed E-state index contributed by atoms with van der Waals surface area (Å²) in [4.78, 5) is 0. The first-order chi connectivity index (χ1) is 7.73. The second-order valence-electron chi connectivity index (χ2n) is 5.25. The van der Waals surface area contributed by atoms with Crippen LogP contribution >= 0.6 is 27.5 Å². The maximum atomic E-state index is 6.18. The Kier molecular flexibility index (Phi) is 3.37. The Morgan fingerprint density at radius 3 is 2.18 bits per heavy atom. The van der Waals surface area contributed by atoms with Gasteiger partial charge in [-0.2, -0.15) is 0 Å². The SMILES string of the molecule is CC1(C)OB(c2cc(Br)ccc2Cl)OC1(C)C. The van der Waals surface area contributed by atoms with E-state index in [0.29, 0.717) is 5.02 Å². The molecule has 5 heteroatoms. The fourth-order valence-electron chi connectivity index (χ4n) is 1.67. The Bertz CT molecular complexity index is 432. The Morgan fingerprint density at radius 2 is 1.65 bits per heavy atom. The van der Waals surface area contributed by atoms with Gasteiger partial charge in [-0.05, 0) is 45.9 Å². The standard InChI is InChI=1S/C12H15BBrClO2/c1-11(2)12(3,4)17-13(16-11)9-7-8(14)5-6-10(9)15/h5-7H,1-4H3. The molecule has 0 saturated carbocycles. The van der Waals surface area contributed by atoms with Crippen molar-refractivity contribution in [3.05, 3.63) is 27.7 Å². The first-order valence-electron chi connectivity index (χ1n) is 5.53. The highest BCUT2D eigenvalue weighted by Crippen LogP contribution is 2.37. The highest BCUT2D eigenvalue weighted by atomic mass is 79.9. The predicted octanol–water partition coefficient (Wildman–Crippen LogP) is 3.40. The lowest BCUT2D eigenvalue weighted by Crippen LogP contribution is -2.41. The van der Waals surface area contributed by atoms with Gasteiger partial charge in [0.2, 0.25) is 0 Å². The van der Waals surface area contributed by atoms with Crippen LogP contribution in [-0.2, 0) is 9.31 Å². The van der Waals surface area contributed by atoms with Crippen LogP contribution in [0.5, 0.6) is 0 Å². The molecule has 0 amide bonds. The van der Waals surface area contributed by atoms with Crippen molar-refractivity contribution < 1.29 is 9.31 Å². The van der Waals surface area contributed by atoms with E-state index in [1.807, 2.05) is 45.9 Å².